The first-order valence-electron chi connectivity index (χ1n) is 2.99. The first-order valence-corrected chi connectivity index (χ1v) is 3.37. The van der Waals surface area contributed by atoms with E-state index in [1.165, 1.54) is 0 Å². The molecule has 0 aliphatic heterocycles. The molecule has 0 aromatic rings. The standard InChI is InChI=1S/C7H10ClNO/c1-7(10-2)4-5(8)3-6(7)9/h3-4H,9H2,1-2H3. The monoisotopic (exact) mass is 159 g/mol. The van der Waals surface area contributed by atoms with Crippen LogP contribution in [0.25, 0.3) is 0 Å². The lowest BCUT2D eigenvalue weighted by molar-refractivity contribution is 0.0814. The van der Waals surface area contributed by atoms with E-state index in [0.29, 0.717) is 10.7 Å². The van der Waals surface area contributed by atoms with Crippen LogP contribution in [-0.2, 0) is 4.74 Å². The maximum absolute atomic E-state index is 5.69. The van der Waals surface area contributed by atoms with Gasteiger partial charge in [0, 0.05) is 17.8 Å². The van der Waals surface area contributed by atoms with E-state index < -0.39 is 5.60 Å². The highest BCUT2D eigenvalue weighted by molar-refractivity contribution is 6.31. The van der Waals surface area contributed by atoms with E-state index in [2.05, 4.69) is 0 Å². The lowest BCUT2D eigenvalue weighted by atomic mass is 10.1. The van der Waals surface area contributed by atoms with E-state index in [9.17, 15) is 0 Å². The molecule has 1 rings (SSSR count). The summed E-state index contributed by atoms with van der Waals surface area (Å²) in [7, 11) is 1.60. The van der Waals surface area contributed by atoms with Crippen molar-refractivity contribution in [1.29, 1.82) is 0 Å². The number of hydrogen-bond donors (Lipinski definition) is 1. The van der Waals surface area contributed by atoms with Gasteiger partial charge in [0.15, 0.2) is 0 Å². The van der Waals surface area contributed by atoms with E-state index in [1.54, 1.807) is 19.3 Å². The minimum Gasteiger partial charge on any atom is -0.399 e. The molecule has 0 bridgehead atoms. The van der Waals surface area contributed by atoms with Crippen molar-refractivity contribution < 1.29 is 4.74 Å². The summed E-state index contributed by atoms with van der Waals surface area (Å²) in [6.45, 7) is 1.87. The topological polar surface area (TPSA) is 35.2 Å². The summed E-state index contributed by atoms with van der Waals surface area (Å²) >= 11 is 5.69. The summed E-state index contributed by atoms with van der Waals surface area (Å²) in [5, 5.41) is 0.641. The lowest BCUT2D eigenvalue weighted by Gasteiger charge is -2.20. The molecule has 1 unspecified atom stereocenters. The molecule has 10 heavy (non-hydrogen) atoms. The van der Waals surface area contributed by atoms with Gasteiger partial charge in [0.2, 0.25) is 0 Å². The highest BCUT2D eigenvalue weighted by atomic mass is 35.5. The molecule has 0 fully saturated rings. The maximum Gasteiger partial charge on any atom is 0.124 e. The van der Waals surface area contributed by atoms with Crippen LogP contribution >= 0.6 is 11.6 Å². The van der Waals surface area contributed by atoms with Gasteiger partial charge in [-0.3, -0.25) is 0 Å². The van der Waals surface area contributed by atoms with Crippen LogP contribution < -0.4 is 5.73 Å². The summed E-state index contributed by atoms with van der Waals surface area (Å²) in [6.07, 6.45) is 3.48. The van der Waals surface area contributed by atoms with Crippen LogP contribution in [0.4, 0.5) is 0 Å². The van der Waals surface area contributed by atoms with Crippen molar-refractivity contribution in [3.63, 3.8) is 0 Å². The van der Waals surface area contributed by atoms with Crippen molar-refractivity contribution in [3.8, 4) is 0 Å². The molecule has 56 valence electrons. The Kier molecular flexibility index (Phi) is 1.75. The Bertz CT molecular complexity index is 210. The van der Waals surface area contributed by atoms with Crippen molar-refractivity contribution in [2.75, 3.05) is 7.11 Å². The second kappa shape index (κ2) is 2.29. The molecule has 3 heteroatoms. The predicted molar refractivity (Wildman–Crippen MR) is 41.6 cm³/mol. The van der Waals surface area contributed by atoms with Crippen molar-refractivity contribution >= 4 is 11.6 Å². The van der Waals surface area contributed by atoms with Gasteiger partial charge in [0.25, 0.3) is 0 Å². The Morgan fingerprint density at radius 3 is 2.50 bits per heavy atom. The number of rotatable bonds is 1. The van der Waals surface area contributed by atoms with Crippen molar-refractivity contribution in [2.45, 2.75) is 12.5 Å². The second-order valence-corrected chi connectivity index (χ2v) is 2.88. The fourth-order valence-corrected chi connectivity index (χ4v) is 1.18. The van der Waals surface area contributed by atoms with Gasteiger partial charge in [0.05, 0.1) is 0 Å². The summed E-state index contributed by atoms with van der Waals surface area (Å²) in [5.74, 6) is 0. The number of methoxy groups -OCH3 is 1. The largest absolute Gasteiger partial charge is 0.399 e. The van der Waals surface area contributed by atoms with E-state index in [0.717, 1.165) is 0 Å². The molecular formula is C7H10ClNO. The van der Waals surface area contributed by atoms with E-state index in [4.69, 9.17) is 22.1 Å². The Morgan fingerprint density at radius 1 is 1.70 bits per heavy atom. The van der Waals surface area contributed by atoms with Gasteiger partial charge in [0.1, 0.15) is 5.60 Å². The van der Waals surface area contributed by atoms with E-state index >= 15 is 0 Å². The van der Waals surface area contributed by atoms with Crippen LogP contribution in [0.3, 0.4) is 0 Å². The van der Waals surface area contributed by atoms with Crippen LogP contribution in [0.2, 0.25) is 0 Å². The van der Waals surface area contributed by atoms with Gasteiger partial charge in [-0.2, -0.15) is 0 Å². The molecular weight excluding hydrogens is 150 g/mol. The SMILES string of the molecule is COC1(C)C=C(Cl)C=C1N. The van der Waals surface area contributed by atoms with Crippen molar-refractivity contribution in [2.24, 2.45) is 5.73 Å². The quantitative estimate of drug-likeness (QED) is 0.627. The Labute approximate surface area is 65.3 Å². The first-order chi connectivity index (χ1) is 4.58. The highest BCUT2D eigenvalue weighted by Crippen LogP contribution is 2.29. The van der Waals surface area contributed by atoms with E-state index in [1.807, 2.05) is 6.92 Å². The van der Waals surface area contributed by atoms with Gasteiger partial charge < -0.3 is 10.5 Å². The van der Waals surface area contributed by atoms with Crippen LogP contribution in [0.15, 0.2) is 22.9 Å². The van der Waals surface area contributed by atoms with E-state index in [-0.39, 0.29) is 0 Å². The molecule has 0 amide bonds. The summed E-state index contributed by atoms with van der Waals surface area (Å²) < 4.78 is 5.13. The number of hydrogen-bond acceptors (Lipinski definition) is 2. The Hall–Kier alpha value is -0.470. The zero-order chi connectivity index (χ0) is 7.78. The first kappa shape index (κ1) is 7.63. The van der Waals surface area contributed by atoms with Crippen LogP contribution in [0, 0.1) is 0 Å². The van der Waals surface area contributed by atoms with Crippen LogP contribution in [0.1, 0.15) is 6.92 Å². The minimum atomic E-state index is -0.489. The van der Waals surface area contributed by atoms with Gasteiger partial charge in [-0.05, 0) is 19.1 Å². The number of nitrogens with two attached hydrogens (primary N) is 1. The molecule has 1 atom stereocenters. The molecule has 0 heterocycles. The smallest absolute Gasteiger partial charge is 0.124 e. The predicted octanol–water partition coefficient (Wildman–Crippen LogP) is 1.37. The van der Waals surface area contributed by atoms with Crippen molar-refractivity contribution in [3.05, 3.63) is 22.9 Å². The zero-order valence-electron chi connectivity index (χ0n) is 6.02. The molecule has 1 aliphatic rings. The third-order valence-corrected chi connectivity index (χ3v) is 1.92. The number of allylic oxidation sites excluding steroid dienone is 2. The molecule has 0 aromatic heterocycles. The van der Waals surface area contributed by atoms with Gasteiger partial charge in [-0.1, -0.05) is 11.6 Å². The fraction of sp³-hybridized carbons (Fsp3) is 0.429. The lowest BCUT2D eigenvalue weighted by Crippen LogP contribution is -2.29. The van der Waals surface area contributed by atoms with Gasteiger partial charge in [-0.15, -0.1) is 0 Å². The average molecular weight is 160 g/mol. The summed E-state index contributed by atoms with van der Waals surface area (Å²) in [4.78, 5) is 0. The Morgan fingerprint density at radius 2 is 2.30 bits per heavy atom. The molecule has 2 nitrogen and oxygen atoms in total. The third kappa shape index (κ3) is 1.04. The normalized spacial score (nSPS) is 31.9. The molecule has 1 aliphatic carbocycles. The molecule has 0 radical (unpaired) electrons. The van der Waals surface area contributed by atoms with Gasteiger partial charge >= 0.3 is 0 Å². The fourth-order valence-electron chi connectivity index (χ4n) is 0.857. The maximum atomic E-state index is 5.69. The molecule has 0 saturated heterocycles. The summed E-state index contributed by atoms with van der Waals surface area (Å²) in [6, 6.07) is 0. The molecule has 0 saturated carbocycles. The third-order valence-electron chi connectivity index (χ3n) is 1.70. The van der Waals surface area contributed by atoms with Crippen LogP contribution in [-0.4, -0.2) is 12.7 Å². The molecule has 0 aromatic carbocycles. The molecule has 2 N–H and O–H groups in total. The number of ether oxygens (including phenoxy) is 1. The second-order valence-electron chi connectivity index (χ2n) is 2.44. The highest BCUT2D eigenvalue weighted by Gasteiger charge is 2.28. The zero-order valence-corrected chi connectivity index (χ0v) is 6.77. The average Bonchev–Trinajstić information content (AvgIpc) is 2.09. The van der Waals surface area contributed by atoms with Crippen LogP contribution in [0.5, 0.6) is 0 Å². The number of halogens is 1. The minimum absolute atomic E-state index is 0.489. The van der Waals surface area contributed by atoms with Crippen molar-refractivity contribution in [1.82, 2.24) is 0 Å². The molecule has 0 spiro atoms. The summed E-state index contributed by atoms with van der Waals surface area (Å²) in [5.41, 5.74) is 5.78. The Balaban J connectivity index is 2.93. The van der Waals surface area contributed by atoms with Gasteiger partial charge in [-0.25, -0.2) is 0 Å².